The normalized spacial score (nSPS) is 55.7. The number of hydrogen-bond donors (Lipinski definition) is 10. The maximum atomic E-state index is 15.0. The number of esters is 1. The van der Waals surface area contributed by atoms with Gasteiger partial charge in [0.2, 0.25) is 6.29 Å². The molecule has 5 saturated carbocycles. The molecule has 5 aliphatic carbocycles. The lowest BCUT2D eigenvalue weighted by molar-refractivity contribution is -0.356. The summed E-state index contributed by atoms with van der Waals surface area (Å²) in [5, 5.41) is 110. The van der Waals surface area contributed by atoms with E-state index in [9.17, 15) is 55.9 Å². The van der Waals surface area contributed by atoms with Crippen LogP contribution >= 0.6 is 0 Å². The molecule has 378 valence electrons. The van der Waals surface area contributed by atoms with Crippen LogP contribution in [0, 0.1) is 62.6 Å². The lowest BCUT2D eigenvalue weighted by Crippen LogP contribution is -2.70. The second-order valence-corrected chi connectivity index (χ2v) is 23.5. The molecule has 0 bridgehead atoms. The van der Waals surface area contributed by atoms with Gasteiger partial charge in [-0.15, -0.1) is 0 Å². The Labute approximate surface area is 388 Å². The van der Waals surface area contributed by atoms with Gasteiger partial charge in [0.25, 0.3) is 0 Å². The van der Waals surface area contributed by atoms with Gasteiger partial charge in [-0.1, -0.05) is 53.7 Å². The van der Waals surface area contributed by atoms with Gasteiger partial charge in [0.05, 0.1) is 43.0 Å². The van der Waals surface area contributed by atoms with E-state index < -0.39 is 129 Å². The number of carbonyl (C=O) groups is 1. The number of fused-ring (bicyclic) bond motifs is 7. The highest BCUT2D eigenvalue weighted by Crippen LogP contribution is 2.77. The molecule has 66 heavy (non-hydrogen) atoms. The summed E-state index contributed by atoms with van der Waals surface area (Å²) in [7, 11) is 0. The van der Waals surface area contributed by atoms with E-state index in [1.165, 1.54) is 6.92 Å². The highest BCUT2D eigenvalue weighted by Gasteiger charge is 2.74. The number of aliphatic hydroxyl groups excluding tert-OH is 10. The maximum Gasteiger partial charge on any atom is 0.314 e. The van der Waals surface area contributed by atoms with Crippen LogP contribution in [0.4, 0.5) is 0 Å². The third-order valence-corrected chi connectivity index (χ3v) is 20.0. The van der Waals surface area contributed by atoms with Crippen LogP contribution in [0.2, 0.25) is 0 Å². The molecule has 8 rings (SSSR count). The molecule has 3 aliphatic heterocycles. The number of ether oxygens (including phenoxy) is 6. The molecule has 8 fully saturated rings. The number of allylic oxidation sites excluding steroid dienone is 1. The van der Waals surface area contributed by atoms with Crippen molar-refractivity contribution in [3.8, 4) is 0 Å². The third-order valence-electron chi connectivity index (χ3n) is 20.0. The van der Waals surface area contributed by atoms with Gasteiger partial charge in [0.15, 0.2) is 12.6 Å². The molecular weight excluding hydrogens is 861 g/mol. The average molecular weight is 941 g/mol. The lowest BCUT2D eigenvalue weighted by atomic mass is 9.31. The Morgan fingerprint density at radius 1 is 0.697 bits per heavy atom. The summed E-state index contributed by atoms with van der Waals surface area (Å²) in [6, 6.07) is 0. The molecule has 26 atom stereocenters. The molecule has 0 spiro atoms. The second-order valence-electron chi connectivity index (χ2n) is 23.5. The summed E-state index contributed by atoms with van der Waals surface area (Å²) in [5.41, 5.74) is -1.06. The molecule has 3 heterocycles. The predicted molar refractivity (Wildman–Crippen MR) is 233 cm³/mol. The van der Waals surface area contributed by atoms with Gasteiger partial charge in [-0.05, 0) is 123 Å². The molecule has 0 unspecified atom stereocenters. The molecule has 0 aromatic carbocycles. The van der Waals surface area contributed by atoms with Gasteiger partial charge in [-0.2, -0.15) is 0 Å². The van der Waals surface area contributed by atoms with Crippen LogP contribution in [0.3, 0.4) is 0 Å². The summed E-state index contributed by atoms with van der Waals surface area (Å²) >= 11 is 0. The van der Waals surface area contributed by atoms with E-state index in [1.54, 1.807) is 6.92 Å². The van der Waals surface area contributed by atoms with Gasteiger partial charge < -0.3 is 79.5 Å². The Bertz CT molecular complexity index is 1780. The second kappa shape index (κ2) is 18.0. The van der Waals surface area contributed by atoms with E-state index in [4.69, 9.17) is 28.4 Å². The number of aliphatic hydroxyl groups is 10. The first kappa shape index (κ1) is 51.0. The number of hydrogen-bond acceptors (Lipinski definition) is 17. The van der Waals surface area contributed by atoms with Crippen molar-refractivity contribution in [3.05, 3.63) is 12.2 Å². The summed E-state index contributed by atoms with van der Waals surface area (Å²) in [6.07, 6.45) is -15.4. The Morgan fingerprint density at radius 2 is 1.36 bits per heavy atom. The Balaban J connectivity index is 0.975. The predicted octanol–water partition coefficient (Wildman–Crippen LogP) is 1.27. The van der Waals surface area contributed by atoms with Crippen LogP contribution in [0.5, 0.6) is 0 Å². The molecule has 0 aromatic rings. The SMILES string of the molecule is C=C(C)[C@@H]1CC[C@]2(C(=O)O[C@@H]3O[C@H](CO[C@@H]4O[C@H](CO)[C@@H](O[C@@H]5O[C@@H](C)[C@H](O)[C@@H](O)[C@H]5C)[C@H](O)[C@H]4O)[C@@H](O)[C@H](O)[C@H]3O)CC[C@]3(C)[C@H](C[C@@H](O)[C@@H]4[C@@]5(C)CC[C@@H](O)C(C)(C)[C@H]5CC[C@]43C)[C@@H]12. The first-order valence-corrected chi connectivity index (χ1v) is 24.6. The monoisotopic (exact) mass is 941 g/mol. The molecule has 17 nitrogen and oxygen atoms in total. The molecular formula is C49H80O17. The first-order valence-electron chi connectivity index (χ1n) is 24.6. The minimum absolute atomic E-state index is 0.00108. The van der Waals surface area contributed by atoms with E-state index in [1.807, 2.05) is 6.92 Å². The molecule has 3 saturated heterocycles. The van der Waals surface area contributed by atoms with E-state index in [0.29, 0.717) is 38.5 Å². The van der Waals surface area contributed by atoms with Gasteiger partial charge in [0.1, 0.15) is 54.9 Å². The molecule has 17 heteroatoms. The van der Waals surface area contributed by atoms with Gasteiger partial charge in [-0.3, -0.25) is 4.79 Å². The van der Waals surface area contributed by atoms with Crippen LogP contribution in [0.1, 0.15) is 113 Å². The van der Waals surface area contributed by atoms with E-state index in [0.717, 1.165) is 24.8 Å². The quantitative estimate of drug-likeness (QED) is 0.115. The molecule has 0 radical (unpaired) electrons. The van der Waals surface area contributed by atoms with Crippen LogP contribution in [-0.2, 0) is 33.2 Å². The first-order chi connectivity index (χ1) is 30.8. The van der Waals surface area contributed by atoms with Crippen molar-refractivity contribution >= 4 is 5.97 Å². The van der Waals surface area contributed by atoms with Crippen molar-refractivity contribution in [3.63, 3.8) is 0 Å². The molecule has 0 aromatic heterocycles. The highest BCUT2D eigenvalue weighted by molar-refractivity contribution is 5.78. The minimum atomic E-state index is -1.84. The van der Waals surface area contributed by atoms with Gasteiger partial charge in [-0.25, -0.2) is 0 Å². The zero-order valence-corrected chi connectivity index (χ0v) is 40.0. The van der Waals surface area contributed by atoms with Crippen LogP contribution < -0.4 is 0 Å². The summed E-state index contributed by atoms with van der Waals surface area (Å²) in [5.74, 6) is -1.44. The van der Waals surface area contributed by atoms with Gasteiger partial charge in [0, 0.05) is 5.92 Å². The van der Waals surface area contributed by atoms with Crippen molar-refractivity contribution in [2.24, 2.45) is 62.6 Å². The van der Waals surface area contributed by atoms with Crippen molar-refractivity contribution < 1.29 is 84.3 Å². The van der Waals surface area contributed by atoms with E-state index >= 15 is 0 Å². The lowest BCUT2D eigenvalue weighted by Gasteiger charge is -2.73. The third kappa shape index (κ3) is 7.71. The molecule has 8 aliphatic rings. The fourth-order valence-electron chi connectivity index (χ4n) is 16.0. The standard InChI is InChI=1S/C49H80O17/c1-21(2)24-10-15-49(17-16-47(8)25(31(24)49)18-26(51)40-46(7)13-12-30(52)45(5,6)29(46)11-14-48(40,47)9)44(60)66-43-37(58)35(56)34(55)28(64-43)20-61-42-38(59)36(57)39(27(19-50)63-42)65-41-22(3)32(53)33(54)23(4)62-41/h22-43,50-59H,1,10-20H2,2-9H3/t22-,23+,24+,25-,26-,27-,28-,29-,30-,31-,32+,33+,34-,35+,36-,37-,38-,39-,40-,41+,42-,43+,46+,47-,48-,49+/m1/s1. The van der Waals surface area contributed by atoms with Crippen molar-refractivity contribution in [1.82, 2.24) is 0 Å². The van der Waals surface area contributed by atoms with E-state index in [-0.39, 0.29) is 51.2 Å². The van der Waals surface area contributed by atoms with Crippen LogP contribution in [0.25, 0.3) is 0 Å². The Hall–Kier alpha value is -1.39. The average Bonchev–Trinajstić information content (AvgIpc) is 3.67. The zero-order valence-electron chi connectivity index (χ0n) is 40.0. The van der Waals surface area contributed by atoms with Crippen LogP contribution in [0.15, 0.2) is 12.2 Å². The van der Waals surface area contributed by atoms with Gasteiger partial charge >= 0.3 is 5.97 Å². The molecule has 10 N–H and O–H groups in total. The van der Waals surface area contributed by atoms with E-state index in [2.05, 4.69) is 41.2 Å². The largest absolute Gasteiger partial charge is 0.432 e. The molecule has 0 amide bonds. The Morgan fingerprint density at radius 3 is 2.03 bits per heavy atom. The van der Waals surface area contributed by atoms with Crippen molar-refractivity contribution in [1.29, 1.82) is 0 Å². The summed E-state index contributed by atoms with van der Waals surface area (Å²) < 4.78 is 35.4. The Kier molecular flexibility index (Phi) is 13.9. The smallest absolute Gasteiger partial charge is 0.314 e. The zero-order chi connectivity index (χ0) is 48.4. The minimum Gasteiger partial charge on any atom is -0.432 e. The topological polar surface area (TPSA) is 275 Å². The fourth-order valence-corrected chi connectivity index (χ4v) is 16.0. The maximum absolute atomic E-state index is 15.0. The van der Waals surface area contributed by atoms with Crippen molar-refractivity contribution in [2.45, 2.75) is 211 Å². The number of rotatable bonds is 9. The van der Waals surface area contributed by atoms with Crippen molar-refractivity contribution in [2.75, 3.05) is 13.2 Å². The summed E-state index contributed by atoms with van der Waals surface area (Å²) in [6.45, 7) is 19.7. The fraction of sp³-hybridized carbons (Fsp3) is 0.939. The number of carbonyl (C=O) groups excluding carboxylic acids is 1. The summed E-state index contributed by atoms with van der Waals surface area (Å²) in [4.78, 5) is 15.0. The highest BCUT2D eigenvalue weighted by atomic mass is 16.8. The van der Waals surface area contributed by atoms with Crippen LogP contribution in [-0.4, -0.2) is 168 Å².